The molecule has 1 aliphatic rings. The van der Waals surface area contributed by atoms with Crippen molar-refractivity contribution in [2.75, 3.05) is 28.4 Å². The molecule has 1 heterocycles. The monoisotopic (exact) mass is 412 g/mol. The molecular formula is C22H24N2O4S. The Kier molecular flexibility index (Phi) is 5.49. The summed E-state index contributed by atoms with van der Waals surface area (Å²) >= 11 is 1.63. The van der Waals surface area contributed by atoms with Crippen LogP contribution in [0.3, 0.4) is 0 Å². The molecule has 2 aromatic carbocycles. The van der Waals surface area contributed by atoms with Gasteiger partial charge in [-0.1, -0.05) is 6.07 Å². The van der Waals surface area contributed by atoms with Gasteiger partial charge in [-0.2, -0.15) is 0 Å². The average molecular weight is 413 g/mol. The quantitative estimate of drug-likeness (QED) is 0.558. The summed E-state index contributed by atoms with van der Waals surface area (Å²) in [6.07, 6.45) is 2.30. The summed E-state index contributed by atoms with van der Waals surface area (Å²) in [5.74, 6) is 2.67. The van der Waals surface area contributed by atoms with E-state index in [1.807, 2.05) is 36.4 Å². The number of hydrogen-bond donors (Lipinski definition) is 0. The highest BCUT2D eigenvalue weighted by Gasteiger charge is 2.28. The lowest BCUT2D eigenvalue weighted by atomic mass is 10.1. The first-order chi connectivity index (χ1) is 14.2. The lowest BCUT2D eigenvalue weighted by Gasteiger charge is -2.15. The maximum Gasteiger partial charge on any atom is 0.203 e. The molecule has 0 radical (unpaired) electrons. The first kappa shape index (κ1) is 19.4. The minimum atomic E-state index is 0.458. The van der Waals surface area contributed by atoms with E-state index >= 15 is 0 Å². The van der Waals surface area contributed by atoms with E-state index in [1.54, 1.807) is 39.8 Å². The molecule has 1 aromatic heterocycles. The molecule has 3 aromatic rings. The molecule has 0 bridgehead atoms. The molecule has 0 aliphatic heterocycles. The maximum absolute atomic E-state index is 5.54. The zero-order valence-electron chi connectivity index (χ0n) is 17.0. The average Bonchev–Trinajstić information content (AvgIpc) is 3.52. The number of aromatic nitrogens is 1. The number of thiazole rings is 1. The molecule has 0 saturated heterocycles. The maximum atomic E-state index is 5.54. The molecule has 1 fully saturated rings. The number of nitrogens with zero attached hydrogens (tertiary/aromatic N) is 2. The van der Waals surface area contributed by atoms with Gasteiger partial charge in [0.1, 0.15) is 5.75 Å². The predicted octanol–water partition coefficient (Wildman–Crippen LogP) is 4.82. The summed E-state index contributed by atoms with van der Waals surface area (Å²) in [5.41, 5.74) is 2.98. The van der Waals surface area contributed by atoms with Crippen LogP contribution >= 0.6 is 11.3 Å². The van der Waals surface area contributed by atoms with Crippen molar-refractivity contribution in [2.45, 2.75) is 18.9 Å². The number of benzene rings is 2. The van der Waals surface area contributed by atoms with Crippen LogP contribution in [0.4, 0.5) is 5.69 Å². The van der Waals surface area contributed by atoms with Crippen LogP contribution in [0.5, 0.6) is 23.0 Å². The van der Waals surface area contributed by atoms with Gasteiger partial charge in [0.25, 0.3) is 0 Å². The van der Waals surface area contributed by atoms with Gasteiger partial charge >= 0.3 is 0 Å². The van der Waals surface area contributed by atoms with Gasteiger partial charge in [-0.15, -0.1) is 11.3 Å². The van der Waals surface area contributed by atoms with E-state index in [-0.39, 0.29) is 0 Å². The Morgan fingerprint density at radius 1 is 0.931 bits per heavy atom. The molecule has 0 N–H and O–H groups in total. The first-order valence-corrected chi connectivity index (χ1v) is 10.3. The fourth-order valence-electron chi connectivity index (χ4n) is 3.32. The molecule has 29 heavy (non-hydrogen) atoms. The standard InChI is InChI=1S/C22H24N2O4S/c1-25-17-7-5-6-15(12-17)23-22-24(16-8-9-16)18(13-29-22)14-10-19(26-2)21(28-4)20(11-14)27-3/h5-7,10-13,16H,8-9H2,1-4H3. The van der Waals surface area contributed by atoms with Crippen molar-refractivity contribution in [1.29, 1.82) is 0 Å². The Morgan fingerprint density at radius 3 is 2.24 bits per heavy atom. The van der Waals surface area contributed by atoms with Gasteiger partial charge in [0.15, 0.2) is 16.3 Å². The highest BCUT2D eigenvalue weighted by atomic mass is 32.1. The van der Waals surface area contributed by atoms with E-state index < -0.39 is 0 Å². The topological polar surface area (TPSA) is 54.2 Å². The normalized spacial score (nSPS) is 14.0. The minimum absolute atomic E-state index is 0.458. The Bertz CT molecular complexity index is 1060. The number of hydrogen-bond acceptors (Lipinski definition) is 6. The van der Waals surface area contributed by atoms with Gasteiger partial charge in [0.05, 0.1) is 39.8 Å². The largest absolute Gasteiger partial charge is 0.497 e. The zero-order chi connectivity index (χ0) is 20.4. The number of ether oxygens (including phenoxy) is 4. The highest BCUT2D eigenvalue weighted by Crippen LogP contribution is 2.43. The van der Waals surface area contributed by atoms with Gasteiger partial charge < -0.3 is 23.5 Å². The Morgan fingerprint density at radius 2 is 1.66 bits per heavy atom. The summed E-state index contributed by atoms with van der Waals surface area (Å²) in [5, 5.41) is 2.14. The van der Waals surface area contributed by atoms with Gasteiger partial charge in [-0.3, -0.25) is 0 Å². The van der Waals surface area contributed by atoms with Crippen LogP contribution < -0.4 is 23.7 Å². The van der Waals surface area contributed by atoms with Gasteiger partial charge in [-0.05, 0) is 37.1 Å². The summed E-state index contributed by atoms with van der Waals surface area (Å²) in [6, 6.07) is 12.2. The molecule has 0 amide bonds. The fourth-order valence-corrected chi connectivity index (χ4v) is 4.30. The van der Waals surface area contributed by atoms with Crippen LogP contribution in [0, 0.1) is 0 Å². The van der Waals surface area contributed by atoms with E-state index in [2.05, 4.69) is 9.95 Å². The molecule has 0 atom stereocenters. The second-order valence-electron chi connectivity index (χ2n) is 6.73. The van der Waals surface area contributed by atoms with Crippen molar-refractivity contribution in [3.05, 3.63) is 46.6 Å². The van der Waals surface area contributed by atoms with Crippen LogP contribution in [-0.2, 0) is 0 Å². The molecule has 4 rings (SSSR count). The van der Waals surface area contributed by atoms with E-state index in [1.165, 1.54) is 0 Å². The van der Waals surface area contributed by atoms with E-state index in [4.69, 9.17) is 23.9 Å². The van der Waals surface area contributed by atoms with Crippen LogP contribution in [0.15, 0.2) is 46.8 Å². The highest BCUT2D eigenvalue weighted by molar-refractivity contribution is 7.07. The second-order valence-corrected chi connectivity index (χ2v) is 7.57. The van der Waals surface area contributed by atoms with E-state index in [0.717, 1.165) is 40.3 Å². The van der Waals surface area contributed by atoms with Gasteiger partial charge in [0, 0.05) is 23.1 Å². The third kappa shape index (κ3) is 3.82. The summed E-state index contributed by atoms with van der Waals surface area (Å²) in [7, 11) is 6.54. The van der Waals surface area contributed by atoms with Gasteiger partial charge in [-0.25, -0.2) is 4.99 Å². The third-order valence-corrected chi connectivity index (χ3v) is 5.73. The molecular weight excluding hydrogens is 388 g/mol. The molecule has 0 spiro atoms. The smallest absolute Gasteiger partial charge is 0.203 e. The summed E-state index contributed by atoms with van der Waals surface area (Å²) in [4.78, 5) is 5.85. The molecule has 1 saturated carbocycles. The minimum Gasteiger partial charge on any atom is -0.497 e. The SMILES string of the molecule is COc1cccc(N=c2scc(-c3cc(OC)c(OC)c(OC)c3)n2C2CC2)c1. The first-order valence-electron chi connectivity index (χ1n) is 9.37. The van der Waals surface area contributed by atoms with Crippen molar-refractivity contribution < 1.29 is 18.9 Å². The fraction of sp³-hybridized carbons (Fsp3) is 0.318. The van der Waals surface area contributed by atoms with E-state index in [9.17, 15) is 0 Å². The van der Waals surface area contributed by atoms with Crippen molar-refractivity contribution in [2.24, 2.45) is 4.99 Å². The molecule has 6 nitrogen and oxygen atoms in total. The second kappa shape index (κ2) is 8.21. The Labute approximate surface area is 174 Å². The van der Waals surface area contributed by atoms with Crippen LogP contribution in [0.25, 0.3) is 11.3 Å². The summed E-state index contributed by atoms with van der Waals surface area (Å²) in [6.45, 7) is 0. The van der Waals surface area contributed by atoms with Crippen molar-refractivity contribution >= 4 is 17.0 Å². The predicted molar refractivity (Wildman–Crippen MR) is 114 cm³/mol. The third-order valence-electron chi connectivity index (χ3n) is 4.89. The number of rotatable bonds is 7. The zero-order valence-corrected chi connectivity index (χ0v) is 17.8. The van der Waals surface area contributed by atoms with Crippen LogP contribution in [-0.4, -0.2) is 33.0 Å². The number of methoxy groups -OCH3 is 4. The summed E-state index contributed by atoms with van der Waals surface area (Å²) < 4.78 is 24.2. The van der Waals surface area contributed by atoms with Crippen LogP contribution in [0.2, 0.25) is 0 Å². The molecule has 152 valence electrons. The molecule has 7 heteroatoms. The van der Waals surface area contributed by atoms with E-state index in [0.29, 0.717) is 23.3 Å². The van der Waals surface area contributed by atoms with Crippen molar-refractivity contribution in [3.63, 3.8) is 0 Å². The van der Waals surface area contributed by atoms with Crippen molar-refractivity contribution in [1.82, 2.24) is 4.57 Å². The lowest BCUT2D eigenvalue weighted by Crippen LogP contribution is -2.14. The Hall–Kier alpha value is -2.93. The van der Waals surface area contributed by atoms with Crippen molar-refractivity contribution in [3.8, 4) is 34.3 Å². The van der Waals surface area contributed by atoms with Crippen LogP contribution in [0.1, 0.15) is 18.9 Å². The van der Waals surface area contributed by atoms with Gasteiger partial charge in [0.2, 0.25) is 5.75 Å². The lowest BCUT2D eigenvalue weighted by molar-refractivity contribution is 0.324. The Balaban J connectivity index is 1.85. The molecule has 0 unspecified atom stereocenters. The molecule has 1 aliphatic carbocycles.